The summed E-state index contributed by atoms with van der Waals surface area (Å²) in [4.78, 5) is 19.7. The molecule has 2 aliphatic rings. The van der Waals surface area contributed by atoms with Gasteiger partial charge in [0.1, 0.15) is 12.7 Å². The van der Waals surface area contributed by atoms with Crippen LogP contribution < -0.4 is 0 Å². The lowest BCUT2D eigenvalue weighted by atomic mass is 9.63. The zero-order valence-corrected chi connectivity index (χ0v) is 15.1. The first-order chi connectivity index (χ1) is 12.1. The van der Waals surface area contributed by atoms with Crippen molar-refractivity contribution in [1.29, 1.82) is 0 Å². The highest BCUT2D eigenvalue weighted by Crippen LogP contribution is 2.46. The van der Waals surface area contributed by atoms with Gasteiger partial charge in [0.15, 0.2) is 0 Å². The molecule has 1 aromatic heterocycles. The number of carbonyl (C=O) groups excluding carboxylic acids is 1. The Morgan fingerprint density at radius 2 is 1.92 bits per heavy atom. The molecule has 1 amide bonds. The van der Waals surface area contributed by atoms with E-state index < -0.39 is 0 Å². The largest absolute Gasteiger partial charge is 0.340 e. The van der Waals surface area contributed by atoms with Crippen molar-refractivity contribution in [3.63, 3.8) is 0 Å². The maximum absolute atomic E-state index is 13.5. The van der Waals surface area contributed by atoms with E-state index in [0.29, 0.717) is 5.91 Å². The molecule has 0 N–H and O–H groups in total. The molecule has 5 heteroatoms. The van der Waals surface area contributed by atoms with Crippen molar-refractivity contribution in [2.24, 2.45) is 0 Å². The van der Waals surface area contributed by atoms with Crippen LogP contribution in [0.5, 0.6) is 0 Å². The van der Waals surface area contributed by atoms with Crippen LogP contribution in [0.4, 0.5) is 0 Å². The fraction of sp³-hybridized carbons (Fsp3) is 0.550. The fourth-order valence-corrected chi connectivity index (χ4v) is 4.47. The Morgan fingerprint density at radius 3 is 2.52 bits per heavy atom. The molecule has 0 bridgehead atoms. The van der Waals surface area contributed by atoms with Gasteiger partial charge in [-0.25, -0.2) is 9.67 Å². The summed E-state index contributed by atoms with van der Waals surface area (Å²) in [5.74, 6) is 0.313. The second kappa shape index (κ2) is 6.28. The number of aromatic nitrogens is 3. The first-order valence-electron chi connectivity index (χ1n) is 9.31. The van der Waals surface area contributed by atoms with Crippen LogP contribution in [0.1, 0.15) is 54.8 Å². The molecule has 1 saturated carbocycles. The smallest absolute Gasteiger partial charge is 0.233 e. The number of aryl methyl sites for hydroxylation is 2. The summed E-state index contributed by atoms with van der Waals surface area (Å²) in [5, 5.41) is 4.28. The predicted octanol–water partition coefficient (Wildman–Crippen LogP) is 3.18. The number of piperidine rings is 1. The third-order valence-electron chi connectivity index (χ3n) is 5.89. The number of hydrogen-bond acceptors (Lipinski definition) is 3. The summed E-state index contributed by atoms with van der Waals surface area (Å²) in [5.41, 5.74) is 3.40. The third kappa shape index (κ3) is 2.86. The Hall–Kier alpha value is -2.17. The maximum atomic E-state index is 13.5. The van der Waals surface area contributed by atoms with Crippen LogP contribution in [-0.2, 0) is 10.2 Å². The van der Waals surface area contributed by atoms with Crippen LogP contribution >= 0.6 is 0 Å². The molecule has 4 rings (SSSR count). The zero-order chi connectivity index (χ0) is 17.4. The summed E-state index contributed by atoms with van der Waals surface area (Å²) < 4.78 is 1.91. The van der Waals surface area contributed by atoms with Gasteiger partial charge in [-0.15, -0.1) is 0 Å². The van der Waals surface area contributed by atoms with Crippen LogP contribution in [-0.4, -0.2) is 38.7 Å². The van der Waals surface area contributed by atoms with E-state index in [0.717, 1.165) is 45.2 Å². The first kappa shape index (κ1) is 16.3. The molecule has 1 aromatic carbocycles. The second-order valence-electron chi connectivity index (χ2n) is 7.73. The Kier molecular flexibility index (Phi) is 4.10. The monoisotopic (exact) mass is 338 g/mol. The van der Waals surface area contributed by atoms with E-state index in [1.54, 1.807) is 12.7 Å². The minimum atomic E-state index is -0.305. The number of carbonyl (C=O) groups is 1. The van der Waals surface area contributed by atoms with Gasteiger partial charge >= 0.3 is 0 Å². The molecule has 1 atom stereocenters. The van der Waals surface area contributed by atoms with Crippen LogP contribution in [0.3, 0.4) is 0 Å². The molecular formula is C20H26N4O. The molecule has 2 aromatic rings. The molecule has 1 aliphatic carbocycles. The number of nitrogens with zero attached hydrogens (tertiary/aromatic N) is 4. The van der Waals surface area contributed by atoms with Crippen LogP contribution in [0.15, 0.2) is 30.9 Å². The topological polar surface area (TPSA) is 51.0 Å². The van der Waals surface area contributed by atoms with Crippen LogP contribution in [0, 0.1) is 13.8 Å². The molecule has 1 saturated heterocycles. The van der Waals surface area contributed by atoms with Crippen molar-refractivity contribution in [2.75, 3.05) is 13.1 Å². The summed E-state index contributed by atoms with van der Waals surface area (Å²) in [7, 11) is 0. The van der Waals surface area contributed by atoms with Gasteiger partial charge in [0.25, 0.3) is 0 Å². The molecule has 0 unspecified atom stereocenters. The van der Waals surface area contributed by atoms with Gasteiger partial charge in [-0.2, -0.15) is 5.10 Å². The van der Waals surface area contributed by atoms with Gasteiger partial charge < -0.3 is 4.90 Å². The molecule has 0 spiro atoms. The molecule has 2 fully saturated rings. The van der Waals surface area contributed by atoms with E-state index in [1.165, 1.54) is 16.7 Å². The number of benzene rings is 1. The van der Waals surface area contributed by atoms with Gasteiger partial charge in [0.05, 0.1) is 11.5 Å². The highest BCUT2D eigenvalue weighted by Gasteiger charge is 2.48. The van der Waals surface area contributed by atoms with Crippen LogP contribution in [0.2, 0.25) is 0 Å². The Balaban J connectivity index is 1.59. The van der Waals surface area contributed by atoms with Crippen molar-refractivity contribution >= 4 is 5.91 Å². The van der Waals surface area contributed by atoms with Crippen molar-refractivity contribution in [3.8, 4) is 0 Å². The maximum Gasteiger partial charge on any atom is 0.233 e. The Labute approximate surface area is 149 Å². The summed E-state index contributed by atoms with van der Waals surface area (Å²) >= 11 is 0. The molecule has 1 aliphatic heterocycles. The summed E-state index contributed by atoms with van der Waals surface area (Å²) in [6.45, 7) is 5.84. The molecule has 5 nitrogen and oxygen atoms in total. The van der Waals surface area contributed by atoms with Crippen molar-refractivity contribution in [1.82, 2.24) is 19.7 Å². The van der Waals surface area contributed by atoms with Gasteiger partial charge in [-0.05, 0) is 45.1 Å². The average Bonchev–Trinajstić information content (AvgIpc) is 3.07. The van der Waals surface area contributed by atoms with Crippen molar-refractivity contribution in [2.45, 2.75) is 57.4 Å². The van der Waals surface area contributed by atoms with Gasteiger partial charge in [-0.1, -0.05) is 35.7 Å². The lowest BCUT2D eigenvalue weighted by Gasteiger charge is -2.46. The Morgan fingerprint density at radius 1 is 1.16 bits per heavy atom. The molecule has 0 radical (unpaired) electrons. The normalized spacial score (nSPS) is 22.5. The predicted molar refractivity (Wildman–Crippen MR) is 96.3 cm³/mol. The highest BCUT2D eigenvalue weighted by atomic mass is 16.2. The Bertz CT molecular complexity index is 744. The molecular weight excluding hydrogens is 312 g/mol. The van der Waals surface area contributed by atoms with Gasteiger partial charge in [-0.3, -0.25) is 4.79 Å². The fourth-order valence-electron chi connectivity index (χ4n) is 4.47. The number of rotatable bonds is 3. The number of likely N-dealkylation sites (tertiary alicyclic amines) is 1. The van der Waals surface area contributed by atoms with E-state index in [4.69, 9.17) is 0 Å². The number of amides is 1. The van der Waals surface area contributed by atoms with E-state index in [-0.39, 0.29) is 11.5 Å². The lowest BCUT2D eigenvalue weighted by molar-refractivity contribution is -0.142. The van der Waals surface area contributed by atoms with Gasteiger partial charge in [0, 0.05) is 13.1 Å². The SMILES string of the molecule is Cc1cc(C)cc(C2(C(=O)N3CCC[C@@H](n4cncn4)C3)CCC2)c1. The minimum absolute atomic E-state index is 0.247. The lowest BCUT2D eigenvalue weighted by Crippen LogP contribution is -2.53. The zero-order valence-electron chi connectivity index (χ0n) is 15.1. The van der Waals surface area contributed by atoms with Crippen molar-refractivity contribution < 1.29 is 4.79 Å². The van der Waals surface area contributed by atoms with E-state index >= 15 is 0 Å². The van der Waals surface area contributed by atoms with Crippen LogP contribution in [0.25, 0.3) is 0 Å². The molecule has 2 heterocycles. The summed E-state index contributed by atoms with van der Waals surface area (Å²) in [6.07, 6.45) is 8.51. The quantitative estimate of drug-likeness (QED) is 0.864. The highest BCUT2D eigenvalue weighted by molar-refractivity contribution is 5.89. The third-order valence-corrected chi connectivity index (χ3v) is 5.89. The molecule has 25 heavy (non-hydrogen) atoms. The average molecular weight is 338 g/mol. The van der Waals surface area contributed by atoms with Gasteiger partial charge in [0.2, 0.25) is 5.91 Å². The van der Waals surface area contributed by atoms with E-state index in [2.05, 4.69) is 47.0 Å². The summed E-state index contributed by atoms with van der Waals surface area (Å²) in [6, 6.07) is 6.85. The second-order valence-corrected chi connectivity index (χ2v) is 7.73. The number of hydrogen-bond donors (Lipinski definition) is 0. The minimum Gasteiger partial charge on any atom is -0.340 e. The molecule has 132 valence electrons. The van der Waals surface area contributed by atoms with E-state index in [1.807, 2.05) is 4.68 Å². The first-order valence-corrected chi connectivity index (χ1v) is 9.31. The van der Waals surface area contributed by atoms with E-state index in [9.17, 15) is 4.79 Å². The van der Waals surface area contributed by atoms with Crippen molar-refractivity contribution in [3.05, 3.63) is 47.5 Å². The standard InChI is InChI=1S/C20H26N4O/c1-15-9-16(2)11-17(10-15)20(6-4-7-20)19(25)23-8-3-5-18(12-23)24-14-21-13-22-24/h9-11,13-14,18H,3-8,12H2,1-2H3/t18-/m1/s1.